The van der Waals surface area contributed by atoms with Crippen molar-refractivity contribution in [2.75, 3.05) is 11.1 Å². The third-order valence-corrected chi connectivity index (χ3v) is 6.61. The van der Waals surface area contributed by atoms with Gasteiger partial charge in [0.15, 0.2) is 22.9 Å². The first-order valence-corrected chi connectivity index (χ1v) is 12.1. The average molecular weight is 499 g/mol. The van der Waals surface area contributed by atoms with Gasteiger partial charge in [0.25, 0.3) is 0 Å². The van der Waals surface area contributed by atoms with Crippen molar-refractivity contribution in [2.45, 2.75) is 45.5 Å². The number of nitrogens with one attached hydrogen (secondary N) is 1. The first-order valence-electron chi connectivity index (χ1n) is 10.7. The van der Waals surface area contributed by atoms with E-state index in [1.54, 1.807) is 30.3 Å². The number of carbonyl (C=O) groups is 2. The molecule has 1 unspecified atom stereocenters. The number of carbonyl (C=O) groups excluding carboxylic acids is 2. The molecule has 34 heavy (non-hydrogen) atoms. The van der Waals surface area contributed by atoms with Gasteiger partial charge in [-0.1, -0.05) is 29.4 Å². The number of amides is 1. The summed E-state index contributed by atoms with van der Waals surface area (Å²) in [5.41, 5.74) is 3.10. The van der Waals surface area contributed by atoms with Crippen molar-refractivity contribution in [1.29, 1.82) is 0 Å². The maximum Gasteiger partial charge on any atom is 0.234 e. The molecular formula is C25H27ClN4O3S. The molecule has 9 heteroatoms. The number of thioether (sulfide) groups is 1. The van der Waals surface area contributed by atoms with Crippen LogP contribution in [0.15, 0.2) is 54.2 Å². The fraction of sp³-hybridized carbons (Fsp3) is 0.280. The molecule has 0 saturated heterocycles. The van der Waals surface area contributed by atoms with Gasteiger partial charge in [0, 0.05) is 22.8 Å². The zero-order valence-corrected chi connectivity index (χ0v) is 21.2. The Kier molecular flexibility index (Phi) is 8.52. The van der Waals surface area contributed by atoms with Crippen LogP contribution in [-0.2, 0) is 11.3 Å². The van der Waals surface area contributed by atoms with Crippen molar-refractivity contribution in [1.82, 2.24) is 14.8 Å². The quantitative estimate of drug-likeness (QED) is 0.216. The molecule has 0 aliphatic rings. The van der Waals surface area contributed by atoms with Crippen molar-refractivity contribution in [2.24, 2.45) is 0 Å². The number of nitrogens with zero attached hydrogens (tertiary/aromatic N) is 3. The molecule has 3 rings (SSSR count). The van der Waals surface area contributed by atoms with Gasteiger partial charge in [-0.2, -0.15) is 0 Å². The van der Waals surface area contributed by atoms with Crippen LogP contribution in [0.1, 0.15) is 47.3 Å². The second kappa shape index (κ2) is 11.4. The Balaban J connectivity index is 1.67. The predicted octanol–water partition coefficient (Wildman–Crippen LogP) is 5.81. The summed E-state index contributed by atoms with van der Waals surface area (Å²) in [6.07, 6.45) is 1.37. The van der Waals surface area contributed by atoms with E-state index in [1.165, 1.54) is 18.7 Å². The Morgan fingerprint density at radius 2 is 1.85 bits per heavy atom. The molecule has 0 aliphatic carbocycles. The molecule has 2 aromatic carbocycles. The van der Waals surface area contributed by atoms with Crippen LogP contribution >= 0.6 is 23.4 Å². The van der Waals surface area contributed by atoms with E-state index in [2.05, 4.69) is 22.1 Å². The lowest BCUT2D eigenvalue weighted by molar-refractivity contribution is -0.113. The van der Waals surface area contributed by atoms with Crippen LogP contribution in [0.3, 0.4) is 0 Å². The molecule has 0 saturated carbocycles. The van der Waals surface area contributed by atoms with Gasteiger partial charge in [0.2, 0.25) is 5.91 Å². The van der Waals surface area contributed by atoms with Gasteiger partial charge >= 0.3 is 0 Å². The number of halogens is 1. The van der Waals surface area contributed by atoms with Crippen molar-refractivity contribution >= 4 is 40.7 Å². The molecule has 1 heterocycles. The van der Waals surface area contributed by atoms with E-state index in [1.807, 2.05) is 37.5 Å². The van der Waals surface area contributed by atoms with Crippen LogP contribution in [-0.4, -0.2) is 32.2 Å². The topological polar surface area (TPSA) is 86.1 Å². The van der Waals surface area contributed by atoms with Crippen molar-refractivity contribution in [3.8, 4) is 5.75 Å². The summed E-state index contributed by atoms with van der Waals surface area (Å²) in [5, 5.41) is 12.7. The second-order valence-corrected chi connectivity index (χ2v) is 9.16. The molecule has 3 aromatic rings. The van der Waals surface area contributed by atoms with E-state index in [4.69, 9.17) is 16.3 Å². The number of aromatic nitrogens is 3. The minimum atomic E-state index is -0.379. The number of aryl methyl sites for hydroxylation is 2. The van der Waals surface area contributed by atoms with E-state index in [0.717, 1.165) is 16.1 Å². The molecule has 1 N–H and O–H groups in total. The summed E-state index contributed by atoms with van der Waals surface area (Å²) in [7, 11) is 0. The Labute approximate surface area is 208 Å². The number of rotatable bonds is 10. The minimum absolute atomic E-state index is 0.0228. The van der Waals surface area contributed by atoms with E-state index in [-0.39, 0.29) is 23.5 Å². The molecule has 0 aliphatic heterocycles. The zero-order valence-electron chi connectivity index (χ0n) is 19.6. The largest absolute Gasteiger partial charge is 0.483 e. The number of allylic oxidation sites excluding steroid dienone is 1. The number of anilines is 1. The van der Waals surface area contributed by atoms with Crippen LogP contribution in [0.4, 0.5) is 5.69 Å². The highest BCUT2D eigenvalue weighted by atomic mass is 35.5. The van der Waals surface area contributed by atoms with E-state index >= 15 is 0 Å². The van der Waals surface area contributed by atoms with Gasteiger partial charge in [-0.25, -0.2) is 0 Å². The number of Topliss-reactive ketones (excluding diaryl/α,β-unsaturated/α-hetero) is 1. The molecule has 1 aromatic heterocycles. The lowest BCUT2D eigenvalue weighted by Gasteiger charge is -2.17. The third kappa shape index (κ3) is 6.27. The second-order valence-electron chi connectivity index (χ2n) is 7.84. The van der Waals surface area contributed by atoms with Gasteiger partial charge in [-0.15, -0.1) is 16.8 Å². The highest BCUT2D eigenvalue weighted by Gasteiger charge is 2.20. The van der Waals surface area contributed by atoms with Gasteiger partial charge < -0.3 is 10.1 Å². The molecule has 0 fully saturated rings. The van der Waals surface area contributed by atoms with Crippen LogP contribution < -0.4 is 10.1 Å². The standard InChI is InChI=1S/C25H27ClN4O3S/c1-6-11-30-24(18(5)33-21-12-15(2)23(26)16(3)13-21)28-29-25(30)34-14-22(32)27-20-9-7-19(8-10-20)17(4)31/h6-10,12-13,18H,1,11,14H2,2-5H3,(H,27,32). The predicted molar refractivity (Wildman–Crippen MR) is 136 cm³/mol. The maximum atomic E-state index is 12.4. The summed E-state index contributed by atoms with van der Waals surface area (Å²) in [4.78, 5) is 23.8. The van der Waals surface area contributed by atoms with Crippen molar-refractivity contribution < 1.29 is 14.3 Å². The highest BCUT2D eigenvalue weighted by molar-refractivity contribution is 7.99. The van der Waals surface area contributed by atoms with Gasteiger partial charge in [-0.05, 0) is 75.2 Å². The summed E-state index contributed by atoms with van der Waals surface area (Å²) in [6.45, 7) is 11.6. The Morgan fingerprint density at radius 3 is 2.44 bits per heavy atom. The number of hydrogen-bond donors (Lipinski definition) is 1. The van der Waals surface area contributed by atoms with Crippen LogP contribution in [0, 0.1) is 13.8 Å². The number of ketones is 1. The Morgan fingerprint density at radius 1 is 1.21 bits per heavy atom. The lowest BCUT2D eigenvalue weighted by atomic mass is 10.1. The van der Waals surface area contributed by atoms with Crippen LogP contribution in [0.25, 0.3) is 0 Å². The smallest absolute Gasteiger partial charge is 0.234 e. The SMILES string of the molecule is C=CCn1c(SCC(=O)Nc2ccc(C(C)=O)cc2)nnc1C(C)Oc1cc(C)c(Cl)c(C)c1. The first-order chi connectivity index (χ1) is 16.2. The summed E-state index contributed by atoms with van der Waals surface area (Å²) >= 11 is 7.54. The van der Waals surface area contributed by atoms with E-state index < -0.39 is 0 Å². The number of ether oxygens (including phenoxy) is 1. The Hall–Kier alpha value is -3.10. The zero-order chi connectivity index (χ0) is 24.8. The number of benzene rings is 2. The maximum absolute atomic E-state index is 12.4. The Bertz CT molecular complexity index is 1180. The van der Waals surface area contributed by atoms with Gasteiger partial charge in [0.05, 0.1) is 5.75 Å². The summed E-state index contributed by atoms with van der Waals surface area (Å²) in [6, 6.07) is 10.6. The fourth-order valence-electron chi connectivity index (χ4n) is 3.35. The molecule has 178 valence electrons. The molecule has 7 nitrogen and oxygen atoms in total. The molecule has 1 amide bonds. The third-order valence-electron chi connectivity index (χ3n) is 5.05. The molecule has 1 atom stereocenters. The van der Waals surface area contributed by atoms with Gasteiger partial charge in [-0.3, -0.25) is 14.2 Å². The molecular weight excluding hydrogens is 472 g/mol. The number of hydrogen-bond acceptors (Lipinski definition) is 6. The van der Waals surface area contributed by atoms with E-state index in [9.17, 15) is 9.59 Å². The normalized spacial score (nSPS) is 11.7. The monoisotopic (exact) mass is 498 g/mol. The minimum Gasteiger partial charge on any atom is -0.483 e. The molecule has 0 spiro atoms. The molecule has 0 bridgehead atoms. The van der Waals surface area contributed by atoms with Crippen LogP contribution in [0.2, 0.25) is 5.02 Å². The fourth-order valence-corrected chi connectivity index (χ4v) is 4.22. The van der Waals surface area contributed by atoms with Crippen molar-refractivity contribution in [3.63, 3.8) is 0 Å². The summed E-state index contributed by atoms with van der Waals surface area (Å²) < 4.78 is 8.00. The average Bonchev–Trinajstić information content (AvgIpc) is 3.19. The van der Waals surface area contributed by atoms with Crippen LogP contribution in [0.5, 0.6) is 5.75 Å². The van der Waals surface area contributed by atoms with E-state index in [0.29, 0.717) is 34.5 Å². The molecule has 0 radical (unpaired) electrons. The van der Waals surface area contributed by atoms with Crippen molar-refractivity contribution in [3.05, 3.63) is 76.6 Å². The lowest BCUT2D eigenvalue weighted by Crippen LogP contribution is -2.15. The van der Waals surface area contributed by atoms with Gasteiger partial charge in [0.1, 0.15) is 5.75 Å². The summed E-state index contributed by atoms with van der Waals surface area (Å²) in [5.74, 6) is 1.27. The first kappa shape index (κ1) is 25.5. The highest BCUT2D eigenvalue weighted by Crippen LogP contribution is 2.30.